The summed E-state index contributed by atoms with van der Waals surface area (Å²) in [5.74, 6) is -0.315. The van der Waals surface area contributed by atoms with Gasteiger partial charge in [-0.05, 0) is 18.8 Å². The van der Waals surface area contributed by atoms with E-state index < -0.39 is 18.4 Å². The molecule has 6 nitrogen and oxygen atoms in total. The van der Waals surface area contributed by atoms with Gasteiger partial charge in [-0.2, -0.15) is 0 Å². The molecule has 1 heterocycles. The third kappa shape index (κ3) is 3.33. The van der Waals surface area contributed by atoms with Gasteiger partial charge < -0.3 is 20.1 Å². The maximum atomic E-state index is 12.1. The lowest BCUT2D eigenvalue weighted by molar-refractivity contribution is -0.141. The van der Waals surface area contributed by atoms with Crippen LogP contribution in [0.1, 0.15) is 26.7 Å². The SMILES string of the molecule is COC(=O)N[C@H](C(=O)N1CCC[C@H]1O)C(C)C. The highest BCUT2D eigenvalue weighted by Gasteiger charge is 2.34. The molecule has 0 aliphatic carbocycles. The van der Waals surface area contributed by atoms with Gasteiger partial charge in [0.1, 0.15) is 12.3 Å². The first-order valence-corrected chi connectivity index (χ1v) is 5.80. The van der Waals surface area contributed by atoms with Crippen LogP contribution in [0.5, 0.6) is 0 Å². The molecular weight excluding hydrogens is 224 g/mol. The summed E-state index contributed by atoms with van der Waals surface area (Å²) >= 11 is 0. The second kappa shape index (κ2) is 5.86. The fraction of sp³-hybridized carbons (Fsp3) is 0.818. The number of aliphatic hydroxyl groups is 1. The molecule has 0 spiro atoms. The molecule has 1 aliphatic rings. The van der Waals surface area contributed by atoms with E-state index in [2.05, 4.69) is 10.1 Å². The van der Waals surface area contributed by atoms with Gasteiger partial charge in [-0.15, -0.1) is 0 Å². The van der Waals surface area contributed by atoms with Gasteiger partial charge in [0.05, 0.1) is 7.11 Å². The molecule has 0 unspecified atom stereocenters. The third-order valence-electron chi connectivity index (χ3n) is 2.90. The number of likely N-dealkylation sites (tertiary alicyclic amines) is 1. The van der Waals surface area contributed by atoms with Gasteiger partial charge in [0, 0.05) is 6.54 Å². The molecule has 2 N–H and O–H groups in total. The predicted octanol–water partition coefficient (Wildman–Crippen LogP) is 0.308. The lowest BCUT2D eigenvalue weighted by Crippen LogP contribution is -2.52. The number of carbonyl (C=O) groups excluding carboxylic acids is 2. The van der Waals surface area contributed by atoms with Crippen LogP contribution in [0.2, 0.25) is 0 Å². The summed E-state index contributed by atoms with van der Waals surface area (Å²) in [7, 11) is 1.25. The Labute approximate surface area is 101 Å². The van der Waals surface area contributed by atoms with Gasteiger partial charge in [-0.25, -0.2) is 4.79 Å². The molecule has 0 aromatic heterocycles. The number of hydrogen-bond acceptors (Lipinski definition) is 4. The number of alkyl carbamates (subject to hydrolysis) is 1. The van der Waals surface area contributed by atoms with Crippen molar-refractivity contribution < 1.29 is 19.4 Å². The molecule has 0 radical (unpaired) electrons. The van der Waals surface area contributed by atoms with Crippen LogP contribution in [-0.4, -0.2) is 47.9 Å². The molecule has 1 rings (SSSR count). The number of ether oxygens (including phenoxy) is 1. The fourth-order valence-electron chi connectivity index (χ4n) is 1.88. The molecule has 2 atom stereocenters. The zero-order valence-corrected chi connectivity index (χ0v) is 10.5. The molecule has 0 saturated carbocycles. The van der Waals surface area contributed by atoms with E-state index in [0.717, 1.165) is 6.42 Å². The summed E-state index contributed by atoms with van der Waals surface area (Å²) in [4.78, 5) is 24.7. The number of rotatable bonds is 3. The highest BCUT2D eigenvalue weighted by Crippen LogP contribution is 2.17. The largest absolute Gasteiger partial charge is 0.453 e. The Bertz CT molecular complexity index is 293. The standard InChI is InChI=1S/C11H20N2O4/c1-7(2)9(12-11(16)17-3)10(15)13-6-4-5-8(13)14/h7-9,14H,4-6H2,1-3H3,(H,12,16)/t8-,9+/m1/s1. The van der Waals surface area contributed by atoms with Crippen molar-refractivity contribution in [2.75, 3.05) is 13.7 Å². The monoisotopic (exact) mass is 244 g/mol. The smallest absolute Gasteiger partial charge is 0.407 e. The van der Waals surface area contributed by atoms with E-state index in [9.17, 15) is 14.7 Å². The van der Waals surface area contributed by atoms with E-state index in [1.165, 1.54) is 12.0 Å². The Morgan fingerprint density at radius 1 is 1.47 bits per heavy atom. The number of nitrogens with one attached hydrogen (secondary N) is 1. The maximum absolute atomic E-state index is 12.1. The second-order valence-corrected chi connectivity index (χ2v) is 4.51. The molecule has 1 fully saturated rings. The van der Waals surface area contributed by atoms with E-state index in [0.29, 0.717) is 13.0 Å². The van der Waals surface area contributed by atoms with Crippen LogP contribution < -0.4 is 5.32 Å². The molecule has 2 amide bonds. The van der Waals surface area contributed by atoms with Gasteiger partial charge in [-0.1, -0.05) is 13.8 Å². The Kier molecular flexibility index (Phi) is 4.74. The average molecular weight is 244 g/mol. The average Bonchev–Trinajstić information content (AvgIpc) is 2.70. The van der Waals surface area contributed by atoms with Crippen LogP contribution in [0.3, 0.4) is 0 Å². The minimum atomic E-state index is -0.733. The molecule has 1 aliphatic heterocycles. The first-order chi connectivity index (χ1) is 7.97. The Hall–Kier alpha value is -1.30. The summed E-state index contributed by atoms with van der Waals surface area (Å²) in [6, 6.07) is -0.657. The van der Waals surface area contributed by atoms with Crippen LogP contribution in [0.4, 0.5) is 4.79 Å². The summed E-state index contributed by atoms with van der Waals surface area (Å²) in [5.41, 5.74) is 0. The Morgan fingerprint density at radius 3 is 2.53 bits per heavy atom. The number of amides is 2. The van der Waals surface area contributed by atoms with Gasteiger partial charge in [-0.3, -0.25) is 4.79 Å². The van der Waals surface area contributed by atoms with Crippen molar-refractivity contribution in [2.24, 2.45) is 5.92 Å². The summed E-state index contributed by atoms with van der Waals surface area (Å²) in [6.07, 6.45) is 0.0130. The summed E-state index contributed by atoms with van der Waals surface area (Å²) < 4.78 is 4.49. The molecule has 1 saturated heterocycles. The number of nitrogens with zero attached hydrogens (tertiary/aromatic N) is 1. The van der Waals surface area contributed by atoms with E-state index in [4.69, 9.17) is 0 Å². The molecular formula is C11H20N2O4. The van der Waals surface area contributed by atoms with Crippen molar-refractivity contribution in [1.29, 1.82) is 0 Å². The minimum absolute atomic E-state index is 0.0607. The van der Waals surface area contributed by atoms with E-state index in [1.54, 1.807) is 0 Å². The zero-order chi connectivity index (χ0) is 13.0. The van der Waals surface area contributed by atoms with Crippen molar-refractivity contribution in [3.63, 3.8) is 0 Å². The van der Waals surface area contributed by atoms with Crippen LogP contribution in [-0.2, 0) is 9.53 Å². The van der Waals surface area contributed by atoms with Gasteiger partial charge >= 0.3 is 6.09 Å². The predicted molar refractivity (Wildman–Crippen MR) is 61.1 cm³/mol. The zero-order valence-electron chi connectivity index (χ0n) is 10.5. The molecule has 6 heteroatoms. The van der Waals surface area contributed by atoms with Crippen molar-refractivity contribution >= 4 is 12.0 Å². The van der Waals surface area contributed by atoms with Crippen molar-refractivity contribution in [1.82, 2.24) is 10.2 Å². The molecule has 98 valence electrons. The Balaban J connectivity index is 2.69. The summed E-state index contributed by atoms with van der Waals surface area (Å²) in [5, 5.41) is 12.1. The van der Waals surface area contributed by atoms with Crippen molar-refractivity contribution in [3.8, 4) is 0 Å². The molecule has 0 aromatic carbocycles. The van der Waals surface area contributed by atoms with Gasteiger partial charge in [0.2, 0.25) is 5.91 Å². The van der Waals surface area contributed by atoms with E-state index >= 15 is 0 Å². The first kappa shape index (κ1) is 13.8. The van der Waals surface area contributed by atoms with E-state index in [1.807, 2.05) is 13.8 Å². The number of hydrogen-bond donors (Lipinski definition) is 2. The molecule has 17 heavy (non-hydrogen) atoms. The van der Waals surface area contributed by atoms with Crippen LogP contribution >= 0.6 is 0 Å². The fourth-order valence-corrected chi connectivity index (χ4v) is 1.88. The maximum Gasteiger partial charge on any atom is 0.407 e. The second-order valence-electron chi connectivity index (χ2n) is 4.51. The van der Waals surface area contributed by atoms with Crippen molar-refractivity contribution in [3.05, 3.63) is 0 Å². The lowest BCUT2D eigenvalue weighted by Gasteiger charge is -2.28. The number of aliphatic hydroxyl groups excluding tert-OH is 1. The third-order valence-corrected chi connectivity index (χ3v) is 2.90. The Morgan fingerprint density at radius 2 is 2.12 bits per heavy atom. The highest BCUT2D eigenvalue weighted by atomic mass is 16.5. The highest BCUT2D eigenvalue weighted by molar-refractivity contribution is 5.86. The molecule has 0 bridgehead atoms. The van der Waals surface area contributed by atoms with Gasteiger partial charge in [0.15, 0.2) is 0 Å². The van der Waals surface area contributed by atoms with Crippen molar-refractivity contribution in [2.45, 2.75) is 39.0 Å². The van der Waals surface area contributed by atoms with E-state index in [-0.39, 0.29) is 11.8 Å². The lowest BCUT2D eigenvalue weighted by atomic mass is 10.0. The van der Waals surface area contributed by atoms with Crippen LogP contribution in [0, 0.1) is 5.92 Å². The normalized spacial score (nSPS) is 21.5. The summed E-state index contributed by atoms with van der Waals surface area (Å²) in [6.45, 7) is 4.20. The van der Waals surface area contributed by atoms with Gasteiger partial charge in [0.25, 0.3) is 0 Å². The van der Waals surface area contributed by atoms with Crippen LogP contribution in [0.15, 0.2) is 0 Å². The number of carbonyl (C=O) groups is 2. The minimum Gasteiger partial charge on any atom is -0.453 e. The van der Waals surface area contributed by atoms with Crippen LogP contribution in [0.25, 0.3) is 0 Å². The first-order valence-electron chi connectivity index (χ1n) is 5.80. The molecule has 0 aromatic rings. The topological polar surface area (TPSA) is 78.9 Å². The number of methoxy groups -OCH3 is 1. The quantitative estimate of drug-likeness (QED) is 0.748.